The van der Waals surface area contributed by atoms with Crippen molar-refractivity contribution in [2.24, 2.45) is 0 Å². The summed E-state index contributed by atoms with van der Waals surface area (Å²) in [6.45, 7) is 0.421. The summed E-state index contributed by atoms with van der Waals surface area (Å²) in [6.07, 6.45) is 0.944. The molecule has 96 valence electrons. The van der Waals surface area contributed by atoms with Crippen LogP contribution in [0.1, 0.15) is 5.56 Å². The van der Waals surface area contributed by atoms with Crippen molar-refractivity contribution < 1.29 is 5.11 Å². The third-order valence-electron chi connectivity index (χ3n) is 3.84. The monoisotopic (exact) mass is 247 g/mol. The number of benzene rings is 1. The summed E-state index contributed by atoms with van der Waals surface area (Å²) in [6, 6.07) is 6.24. The normalized spacial score (nSPS) is 18.8. The molecule has 0 aliphatic carbocycles. The van der Waals surface area contributed by atoms with E-state index in [9.17, 15) is 9.90 Å². The molecular weight excluding hydrogens is 230 g/mol. The molecule has 1 aliphatic rings. The number of aliphatic hydroxyl groups is 1. The van der Waals surface area contributed by atoms with Crippen molar-refractivity contribution in [2.45, 2.75) is 25.7 Å². The molecule has 0 fully saturated rings. The van der Waals surface area contributed by atoms with Crippen molar-refractivity contribution >= 4 is 11.0 Å². The molecule has 0 saturated heterocycles. The third kappa shape index (κ3) is 1.44. The lowest BCUT2D eigenvalue weighted by molar-refractivity contribution is 0.207. The van der Waals surface area contributed by atoms with Crippen LogP contribution in [0.25, 0.3) is 11.0 Å². The van der Waals surface area contributed by atoms with E-state index in [1.54, 1.807) is 4.57 Å². The molecule has 0 amide bonds. The van der Waals surface area contributed by atoms with E-state index in [1.165, 1.54) is 10.1 Å². The minimum Gasteiger partial charge on any atom is -0.376 e. The fourth-order valence-electron chi connectivity index (χ4n) is 2.80. The number of hydrogen-bond acceptors (Lipinski definition) is 3. The first-order chi connectivity index (χ1) is 8.63. The van der Waals surface area contributed by atoms with Gasteiger partial charge in [0.25, 0.3) is 0 Å². The van der Waals surface area contributed by atoms with E-state index in [4.69, 9.17) is 0 Å². The van der Waals surface area contributed by atoms with Gasteiger partial charge in [-0.1, -0.05) is 12.1 Å². The molecule has 2 heterocycles. The molecule has 1 aliphatic heterocycles. The van der Waals surface area contributed by atoms with Crippen LogP contribution in [0.2, 0.25) is 0 Å². The van der Waals surface area contributed by atoms with Gasteiger partial charge in [-0.25, -0.2) is 4.79 Å². The fraction of sp³-hybridized carbons (Fsp3) is 0.462. The summed E-state index contributed by atoms with van der Waals surface area (Å²) in [4.78, 5) is 14.4. The molecular formula is C13H17N3O2. The molecule has 0 radical (unpaired) electrons. The van der Waals surface area contributed by atoms with Crippen molar-refractivity contribution in [1.82, 2.24) is 14.0 Å². The van der Waals surface area contributed by atoms with Crippen LogP contribution in [0.15, 0.2) is 23.0 Å². The molecule has 0 bridgehead atoms. The molecule has 2 aromatic rings. The van der Waals surface area contributed by atoms with Crippen LogP contribution in [0.5, 0.6) is 0 Å². The maximum Gasteiger partial charge on any atom is 0.331 e. The van der Waals surface area contributed by atoms with E-state index in [0.29, 0.717) is 12.6 Å². The Morgan fingerprint density at radius 1 is 1.44 bits per heavy atom. The van der Waals surface area contributed by atoms with Gasteiger partial charge in [0.15, 0.2) is 0 Å². The van der Waals surface area contributed by atoms with Gasteiger partial charge in [0.1, 0.15) is 6.73 Å². The molecule has 5 heteroatoms. The number of nitrogens with zero attached hydrogens (tertiary/aromatic N) is 3. The second-order valence-electron chi connectivity index (χ2n) is 5.07. The van der Waals surface area contributed by atoms with E-state index in [0.717, 1.165) is 17.5 Å². The summed E-state index contributed by atoms with van der Waals surface area (Å²) in [5.41, 5.74) is 2.88. The highest BCUT2D eigenvalue weighted by atomic mass is 16.3. The second kappa shape index (κ2) is 3.96. The molecule has 1 atom stereocenters. The zero-order valence-corrected chi connectivity index (χ0v) is 10.6. The molecule has 1 N–H and O–H groups in total. The lowest BCUT2D eigenvalue weighted by atomic mass is 10.00. The highest BCUT2D eigenvalue weighted by Crippen LogP contribution is 2.25. The SMILES string of the molecule is CN(C)[C@@H]1Cc2cccc3c2n(c(=O)n3CO)C1. The molecule has 5 nitrogen and oxygen atoms in total. The van der Waals surface area contributed by atoms with Gasteiger partial charge in [0.2, 0.25) is 0 Å². The van der Waals surface area contributed by atoms with Gasteiger partial charge in [-0.15, -0.1) is 0 Å². The highest BCUT2D eigenvalue weighted by Gasteiger charge is 2.25. The largest absolute Gasteiger partial charge is 0.376 e. The van der Waals surface area contributed by atoms with Crippen LogP contribution in [0.4, 0.5) is 0 Å². The van der Waals surface area contributed by atoms with Gasteiger partial charge >= 0.3 is 5.69 Å². The average molecular weight is 247 g/mol. The van der Waals surface area contributed by atoms with Crippen LogP contribution in [-0.2, 0) is 19.7 Å². The van der Waals surface area contributed by atoms with Gasteiger partial charge in [0, 0.05) is 12.6 Å². The van der Waals surface area contributed by atoms with Crippen LogP contribution in [0.3, 0.4) is 0 Å². The quantitative estimate of drug-likeness (QED) is 0.827. The zero-order chi connectivity index (χ0) is 12.9. The molecule has 1 aromatic carbocycles. The summed E-state index contributed by atoms with van der Waals surface area (Å²) in [5, 5.41) is 9.35. The first kappa shape index (κ1) is 11.5. The van der Waals surface area contributed by atoms with Gasteiger partial charge in [-0.05, 0) is 32.1 Å². The van der Waals surface area contributed by atoms with Crippen molar-refractivity contribution in [3.8, 4) is 0 Å². The smallest absolute Gasteiger partial charge is 0.331 e. The summed E-state index contributed by atoms with van der Waals surface area (Å²) < 4.78 is 3.21. The highest BCUT2D eigenvalue weighted by molar-refractivity contribution is 5.80. The number of aliphatic hydroxyl groups excluding tert-OH is 1. The molecule has 0 spiro atoms. The Labute approximate surface area is 105 Å². The number of likely N-dealkylation sites (N-methyl/N-ethyl adjacent to an activating group) is 1. The van der Waals surface area contributed by atoms with Crippen molar-refractivity contribution in [3.63, 3.8) is 0 Å². The summed E-state index contributed by atoms with van der Waals surface area (Å²) in [7, 11) is 4.06. The number of aromatic nitrogens is 2. The lowest BCUT2D eigenvalue weighted by Crippen LogP contribution is -2.40. The van der Waals surface area contributed by atoms with E-state index >= 15 is 0 Å². The minimum absolute atomic E-state index is 0.119. The maximum absolute atomic E-state index is 12.3. The number of rotatable bonds is 2. The number of imidazole rings is 1. The minimum atomic E-state index is -0.265. The first-order valence-electron chi connectivity index (χ1n) is 6.11. The number of para-hydroxylation sites is 1. The van der Waals surface area contributed by atoms with Gasteiger partial charge in [-0.2, -0.15) is 0 Å². The first-order valence-corrected chi connectivity index (χ1v) is 6.11. The van der Waals surface area contributed by atoms with E-state index in [-0.39, 0.29) is 12.4 Å². The Morgan fingerprint density at radius 2 is 2.22 bits per heavy atom. The summed E-state index contributed by atoms with van der Waals surface area (Å²) >= 11 is 0. The molecule has 18 heavy (non-hydrogen) atoms. The van der Waals surface area contributed by atoms with Crippen LogP contribution >= 0.6 is 0 Å². The van der Waals surface area contributed by atoms with Crippen LogP contribution < -0.4 is 5.69 Å². The van der Waals surface area contributed by atoms with Crippen molar-refractivity contribution in [2.75, 3.05) is 14.1 Å². The average Bonchev–Trinajstić information content (AvgIpc) is 2.64. The third-order valence-corrected chi connectivity index (χ3v) is 3.84. The van der Waals surface area contributed by atoms with Gasteiger partial charge < -0.3 is 10.0 Å². The molecule has 1 aromatic heterocycles. The van der Waals surface area contributed by atoms with Crippen molar-refractivity contribution in [1.29, 1.82) is 0 Å². The second-order valence-corrected chi connectivity index (χ2v) is 5.07. The van der Waals surface area contributed by atoms with Crippen LogP contribution in [-0.4, -0.2) is 39.3 Å². The fourth-order valence-corrected chi connectivity index (χ4v) is 2.80. The van der Waals surface area contributed by atoms with Crippen LogP contribution in [0, 0.1) is 0 Å². The Morgan fingerprint density at radius 3 is 2.89 bits per heavy atom. The van der Waals surface area contributed by atoms with Gasteiger partial charge in [-0.3, -0.25) is 9.13 Å². The molecule has 3 rings (SSSR count). The molecule has 0 unspecified atom stereocenters. The predicted octanol–water partition coefficient (Wildman–Crippen LogP) is 0.239. The topological polar surface area (TPSA) is 50.4 Å². The summed E-state index contributed by atoms with van der Waals surface area (Å²) in [5.74, 6) is 0. The van der Waals surface area contributed by atoms with Crippen molar-refractivity contribution in [3.05, 3.63) is 34.2 Å². The Hall–Kier alpha value is -1.59. The Bertz CT molecular complexity index is 654. The zero-order valence-electron chi connectivity index (χ0n) is 10.6. The lowest BCUT2D eigenvalue weighted by Gasteiger charge is -2.28. The van der Waals surface area contributed by atoms with Gasteiger partial charge in [0.05, 0.1) is 11.0 Å². The Kier molecular flexibility index (Phi) is 2.53. The standard InChI is InChI=1S/C13H17N3O2/c1-14(2)10-6-9-4-3-5-11-12(9)15(7-10)13(18)16(11)8-17/h3-5,10,17H,6-8H2,1-2H3/t10-/m1/s1. The maximum atomic E-state index is 12.3. The molecule has 0 saturated carbocycles. The van der Waals surface area contributed by atoms with E-state index < -0.39 is 0 Å². The Balaban J connectivity index is 2.30. The van der Waals surface area contributed by atoms with E-state index in [2.05, 4.69) is 11.0 Å². The predicted molar refractivity (Wildman–Crippen MR) is 69.6 cm³/mol. The van der Waals surface area contributed by atoms with E-state index in [1.807, 2.05) is 26.2 Å². The number of hydrogen-bond donors (Lipinski definition) is 1.